The maximum Gasteiger partial charge on any atom is 0.145 e. The normalized spacial score (nSPS) is 11.5. The van der Waals surface area contributed by atoms with Gasteiger partial charge < -0.3 is 0 Å². The number of fused-ring (bicyclic) bond motifs is 1. The molecule has 0 amide bonds. The summed E-state index contributed by atoms with van der Waals surface area (Å²) in [5, 5.41) is 0. The number of hydrogen-bond acceptors (Lipinski definition) is 1. The van der Waals surface area contributed by atoms with Crippen molar-refractivity contribution < 1.29 is 0 Å². The maximum absolute atomic E-state index is 5.24. The molecular weight excluding hydrogens is 472 g/mol. The minimum atomic E-state index is 0.339. The molecule has 39 heavy (non-hydrogen) atoms. The zero-order valence-corrected chi connectivity index (χ0v) is 23.1. The summed E-state index contributed by atoms with van der Waals surface area (Å²) >= 11 is 0. The topological polar surface area (TPSA) is 17.8 Å². The summed E-state index contributed by atoms with van der Waals surface area (Å²) < 4.78 is 2.42. The lowest BCUT2D eigenvalue weighted by Gasteiger charge is -2.24. The van der Waals surface area contributed by atoms with Crippen LogP contribution in [-0.4, -0.2) is 9.55 Å². The fourth-order valence-corrected chi connectivity index (χ4v) is 5.53. The molecule has 0 atom stereocenters. The van der Waals surface area contributed by atoms with Gasteiger partial charge in [-0.2, -0.15) is 0 Å². The standard InChI is InChI=1S/C37H34N2/c1-25(2)32-23-31(28-16-9-6-10-17-28)24-33(26(3)4)36(32)39-35-21-12-11-20-34(35)38-37(39)30-19-13-18-29(22-30)27-14-7-5-8-15-27/h5-26H,1-4H3. The van der Waals surface area contributed by atoms with E-state index in [4.69, 9.17) is 4.98 Å². The summed E-state index contributed by atoms with van der Waals surface area (Å²) in [6.07, 6.45) is 0. The highest BCUT2D eigenvalue weighted by Crippen LogP contribution is 2.40. The predicted octanol–water partition coefficient (Wildman–Crippen LogP) is 10.3. The number of aromatic nitrogens is 2. The van der Waals surface area contributed by atoms with E-state index >= 15 is 0 Å². The van der Waals surface area contributed by atoms with Gasteiger partial charge in [-0.25, -0.2) is 4.98 Å². The fourth-order valence-electron chi connectivity index (χ4n) is 5.53. The molecule has 0 N–H and O–H groups in total. The van der Waals surface area contributed by atoms with Gasteiger partial charge in [-0.05, 0) is 75.5 Å². The van der Waals surface area contributed by atoms with Crippen LogP contribution in [0, 0.1) is 0 Å². The molecule has 2 heteroatoms. The van der Waals surface area contributed by atoms with E-state index in [2.05, 4.69) is 154 Å². The Morgan fingerprint density at radius 3 is 1.62 bits per heavy atom. The first-order valence-corrected chi connectivity index (χ1v) is 13.9. The minimum absolute atomic E-state index is 0.339. The Bertz CT molecular complexity index is 1710. The molecule has 0 aliphatic rings. The third-order valence-corrected chi connectivity index (χ3v) is 7.53. The van der Waals surface area contributed by atoms with Gasteiger partial charge in [0.05, 0.1) is 16.7 Å². The van der Waals surface area contributed by atoms with E-state index in [1.54, 1.807) is 0 Å². The lowest BCUT2D eigenvalue weighted by atomic mass is 9.88. The van der Waals surface area contributed by atoms with Crippen molar-refractivity contribution in [2.75, 3.05) is 0 Å². The molecule has 0 bridgehead atoms. The molecule has 1 aromatic heterocycles. The summed E-state index contributed by atoms with van der Waals surface area (Å²) in [5.74, 6) is 1.65. The second-order valence-electron chi connectivity index (χ2n) is 10.9. The predicted molar refractivity (Wildman–Crippen MR) is 166 cm³/mol. The van der Waals surface area contributed by atoms with Gasteiger partial charge in [0.1, 0.15) is 5.82 Å². The molecular formula is C37H34N2. The molecule has 0 saturated heterocycles. The summed E-state index contributed by atoms with van der Waals surface area (Å²) in [4.78, 5) is 5.24. The van der Waals surface area contributed by atoms with Gasteiger partial charge in [-0.3, -0.25) is 4.57 Å². The lowest BCUT2D eigenvalue weighted by molar-refractivity contribution is 0.811. The number of para-hydroxylation sites is 2. The van der Waals surface area contributed by atoms with Crippen molar-refractivity contribution in [3.63, 3.8) is 0 Å². The quantitative estimate of drug-likeness (QED) is 0.220. The van der Waals surface area contributed by atoms with Crippen LogP contribution < -0.4 is 0 Å². The van der Waals surface area contributed by atoms with Crippen molar-refractivity contribution >= 4 is 11.0 Å². The Kier molecular flexibility index (Phi) is 6.62. The van der Waals surface area contributed by atoms with Crippen LogP contribution in [0.4, 0.5) is 0 Å². The SMILES string of the molecule is CC(C)c1cc(-c2ccccc2)cc(C(C)C)c1-n1c(-c2cccc(-c3ccccc3)c2)nc2ccccc21. The maximum atomic E-state index is 5.24. The zero-order chi connectivity index (χ0) is 26.9. The molecule has 192 valence electrons. The molecule has 0 spiro atoms. The van der Waals surface area contributed by atoms with Crippen molar-refractivity contribution in [2.24, 2.45) is 0 Å². The molecule has 5 aromatic carbocycles. The highest BCUT2D eigenvalue weighted by molar-refractivity contribution is 5.86. The Morgan fingerprint density at radius 2 is 1.00 bits per heavy atom. The van der Waals surface area contributed by atoms with Crippen molar-refractivity contribution in [1.29, 1.82) is 0 Å². The monoisotopic (exact) mass is 506 g/mol. The van der Waals surface area contributed by atoms with E-state index in [1.807, 2.05) is 0 Å². The molecule has 0 fully saturated rings. The van der Waals surface area contributed by atoms with Crippen molar-refractivity contribution in [3.8, 4) is 39.3 Å². The van der Waals surface area contributed by atoms with Crippen LogP contribution in [0.3, 0.4) is 0 Å². The van der Waals surface area contributed by atoms with Crippen LogP contribution in [-0.2, 0) is 0 Å². The first kappa shape index (κ1) is 24.9. The molecule has 0 saturated carbocycles. The number of benzene rings is 5. The van der Waals surface area contributed by atoms with Gasteiger partial charge in [-0.1, -0.05) is 119 Å². The highest BCUT2D eigenvalue weighted by atomic mass is 15.1. The molecule has 0 radical (unpaired) electrons. The average Bonchev–Trinajstić information content (AvgIpc) is 3.37. The van der Waals surface area contributed by atoms with Crippen LogP contribution in [0.25, 0.3) is 50.4 Å². The van der Waals surface area contributed by atoms with Crippen LogP contribution in [0.15, 0.2) is 121 Å². The fraction of sp³-hybridized carbons (Fsp3) is 0.162. The minimum Gasteiger partial charge on any atom is -0.292 e. The smallest absolute Gasteiger partial charge is 0.145 e. The molecule has 0 unspecified atom stereocenters. The Balaban J connectivity index is 1.66. The molecule has 6 aromatic rings. The van der Waals surface area contributed by atoms with Crippen molar-refractivity contribution in [1.82, 2.24) is 9.55 Å². The van der Waals surface area contributed by atoms with Crippen molar-refractivity contribution in [2.45, 2.75) is 39.5 Å². The van der Waals surface area contributed by atoms with Gasteiger partial charge in [0, 0.05) is 5.56 Å². The van der Waals surface area contributed by atoms with Gasteiger partial charge in [0.2, 0.25) is 0 Å². The zero-order valence-electron chi connectivity index (χ0n) is 23.1. The second kappa shape index (κ2) is 10.4. The Hall–Kier alpha value is -4.43. The third kappa shape index (κ3) is 4.68. The molecule has 2 nitrogen and oxygen atoms in total. The van der Waals surface area contributed by atoms with E-state index < -0.39 is 0 Å². The van der Waals surface area contributed by atoms with Crippen LogP contribution >= 0.6 is 0 Å². The van der Waals surface area contributed by atoms with E-state index in [0.29, 0.717) is 11.8 Å². The Morgan fingerprint density at radius 1 is 0.487 bits per heavy atom. The summed E-state index contributed by atoms with van der Waals surface area (Å²) in [5.41, 5.74) is 12.1. The van der Waals surface area contributed by atoms with E-state index in [1.165, 1.54) is 39.1 Å². The number of nitrogens with zero attached hydrogens (tertiary/aromatic N) is 2. The molecule has 0 aliphatic carbocycles. The van der Waals surface area contributed by atoms with Crippen LogP contribution in [0.1, 0.15) is 50.7 Å². The summed E-state index contributed by atoms with van der Waals surface area (Å²) in [6.45, 7) is 9.19. The van der Waals surface area contributed by atoms with Crippen LogP contribution in [0.5, 0.6) is 0 Å². The van der Waals surface area contributed by atoms with Gasteiger partial charge in [-0.15, -0.1) is 0 Å². The van der Waals surface area contributed by atoms with Crippen molar-refractivity contribution in [3.05, 3.63) is 132 Å². The first-order valence-electron chi connectivity index (χ1n) is 13.9. The van der Waals surface area contributed by atoms with Gasteiger partial charge >= 0.3 is 0 Å². The number of imidazole rings is 1. The van der Waals surface area contributed by atoms with Gasteiger partial charge in [0.25, 0.3) is 0 Å². The van der Waals surface area contributed by atoms with Gasteiger partial charge in [0.15, 0.2) is 0 Å². The first-order chi connectivity index (χ1) is 19.0. The summed E-state index contributed by atoms with van der Waals surface area (Å²) in [6, 6.07) is 43.4. The number of hydrogen-bond donors (Lipinski definition) is 0. The van der Waals surface area contributed by atoms with E-state index in [-0.39, 0.29) is 0 Å². The number of rotatable bonds is 6. The average molecular weight is 507 g/mol. The second-order valence-corrected chi connectivity index (χ2v) is 10.9. The largest absolute Gasteiger partial charge is 0.292 e. The highest BCUT2D eigenvalue weighted by Gasteiger charge is 2.23. The third-order valence-electron chi connectivity index (χ3n) is 7.53. The lowest BCUT2D eigenvalue weighted by Crippen LogP contribution is -2.09. The molecule has 0 aliphatic heterocycles. The summed E-state index contributed by atoms with van der Waals surface area (Å²) in [7, 11) is 0. The molecule has 6 rings (SSSR count). The van der Waals surface area contributed by atoms with E-state index in [9.17, 15) is 0 Å². The van der Waals surface area contributed by atoms with E-state index in [0.717, 1.165) is 22.4 Å². The Labute approximate surface area is 231 Å². The molecule has 1 heterocycles. The van der Waals surface area contributed by atoms with Crippen LogP contribution in [0.2, 0.25) is 0 Å².